The Morgan fingerprint density at radius 1 is 1.55 bits per heavy atom. The van der Waals surface area contributed by atoms with Crippen molar-refractivity contribution in [2.75, 3.05) is 7.11 Å². The molecule has 11 heavy (non-hydrogen) atoms. The van der Waals surface area contributed by atoms with E-state index in [0.717, 1.165) is 12.8 Å². The van der Waals surface area contributed by atoms with Gasteiger partial charge in [-0.2, -0.15) is 0 Å². The van der Waals surface area contributed by atoms with Crippen LogP contribution in [0.15, 0.2) is 12.7 Å². The molecule has 2 heteroatoms. The molecule has 0 fully saturated rings. The minimum absolute atomic E-state index is 0.0671. The van der Waals surface area contributed by atoms with Gasteiger partial charge in [-0.25, -0.2) is 0 Å². The first kappa shape index (κ1) is 10.7. The van der Waals surface area contributed by atoms with Crippen molar-refractivity contribution in [3.63, 3.8) is 0 Å². The summed E-state index contributed by atoms with van der Waals surface area (Å²) < 4.78 is 5.39. The van der Waals surface area contributed by atoms with Gasteiger partial charge in [-0.1, -0.05) is 19.9 Å². The van der Waals surface area contributed by atoms with E-state index >= 15 is 0 Å². The molecule has 0 aliphatic heterocycles. The highest BCUT2D eigenvalue weighted by molar-refractivity contribution is 4.99. The van der Waals surface area contributed by atoms with Crippen LogP contribution in [0.25, 0.3) is 0 Å². The van der Waals surface area contributed by atoms with Gasteiger partial charge in [-0.05, 0) is 12.8 Å². The van der Waals surface area contributed by atoms with Crippen LogP contribution in [0.2, 0.25) is 0 Å². The van der Waals surface area contributed by atoms with E-state index in [2.05, 4.69) is 20.4 Å². The fraction of sp³-hybridized carbons (Fsp3) is 0.778. The molecule has 1 atom stereocenters. The van der Waals surface area contributed by atoms with Crippen LogP contribution in [-0.2, 0) is 4.74 Å². The van der Waals surface area contributed by atoms with Crippen LogP contribution in [0.3, 0.4) is 0 Å². The van der Waals surface area contributed by atoms with Gasteiger partial charge in [-0.3, -0.25) is 0 Å². The summed E-state index contributed by atoms with van der Waals surface area (Å²) >= 11 is 0. The van der Waals surface area contributed by atoms with E-state index in [9.17, 15) is 0 Å². The quantitative estimate of drug-likeness (QED) is 0.616. The van der Waals surface area contributed by atoms with Gasteiger partial charge in [0.15, 0.2) is 0 Å². The van der Waals surface area contributed by atoms with Crippen molar-refractivity contribution >= 4 is 0 Å². The van der Waals surface area contributed by atoms with E-state index in [-0.39, 0.29) is 11.6 Å². The third-order valence-corrected chi connectivity index (χ3v) is 2.46. The molecule has 0 aromatic carbocycles. The fourth-order valence-electron chi connectivity index (χ4n) is 1.36. The first-order chi connectivity index (χ1) is 5.16. The third-order valence-electron chi connectivity index (χ3n) is 2.46. The number of ether oxygens (including phenoxy) is 1. The summed E-state index contributed by atoms with van der Waals surface area (Å²) in [5, 5.41) is 0. The van der Waals surface area contributed by atoms with Crippen LogP contribution in [0.5, 0.6) is 0 Å². The SMILES string of the molecule is C=CC(N)C(CC)(CC)OC. The highest BCUT2D eigenvalue weighted by Gasteiger charge is 2.30. The Kier molecular flexibility index (Phi) is 4.38. The van der Waals surface area contributed by atoms with Crippen LogP contribution in [0.1, 0.15) is 26.7 Å². The number of nitrogens with two attached hydrogens (primary N) is 1. The first-order valence-corrected chi connectivity index (χ1v) is 4.10. The zero-order chi connectivity index (χ0) is 8.91. The predicted molar refractivity (Wildman–Crippen MR) is 48.5 cm³/mol. The van der Waals surface area contributed by atoms with Gasteiger partial charge in [0.1, 0.15) is 0 Å². The van der Waals surface area contributed by atoms with Crippen LogP contribution in [0, 0.1) is 0 Å². The van der Waals surface area contributed by atoms with Crippen molar-refractivity contribution in [1.29, 1.82) is 0 Å². The van der Waals surface area contributed by atoms with E-state index in [4.69, 9.17) is 10.5 Å². The molecule has 0 radical (unpaired) electrons. The van der Waals surface area contributed by atoms with Crippen LogP contribution in [-0.4, -0.2) is 18.8 Å². The van der Waals surface area contributed by atoms with E-state index in [1.54, 1.807) is 13.2 Å². The average molecular weight is 157 g/mol. The number of rotatable bonds is 5. The van der Waals surface area contributed by atoms with Crippen molar-refractivity contribution in [2.45, 2.75) is 38.3 Å². The van der Waals surface area contributed by atoms with Crippen LogP contribution in [0.4, 0.5) is 0 Å². The molecule has 1 unspecified atom stereocenters. The summed E-state index contributed by atoms with van der Waals surface area (Å²) in [5.41, 5.74) is 5.63. The molecule has 66 valence electrons. The lowest BCUT2D eigenvalue weighted by molar-refractivity contribution is -0.0263. The summed E-state index contributed by atoms with van der Waals surface area (Å²) in [6.45, 7) is 7.82. The summed E-state index contributed by atoms with van der Waals surface area (Å²) in [6, 6.07) is -0.0671. The second kappa shape index (κ2) is 4.52. The first-order valence-electron chi connectivity index (χ1n) is 4.10. The average Bonchev–Trinajstić information content (AvgIpc) is 2.08. The topological polar surface area (TPSA) is 35.2 Å². The molecule has 0 aromatic heterocycles. The van der Waals surface area contributed by atoms with Gasteiger partial charge in [0.25, 0.3) is 0 Å². The van der Waals surface area contributed by atoms with Gasteiger partial charge in [0.05, 0.1) is 11.6 Å². The van der Waals surface area contributed by atoms with Crippen molar-refractivity contribution in [3.05, 3.63) is 12.7 Å². The molecule has 0 aliphatic carbocycles. The molecule has 0 saturated heterocycles. The molecule has 2 N–H and O–H groups in total. The lowest BCUT2D eigenvalue weighted by Gasteiger charge is -2.34. The monoisotopic (exact) mass is 157 g/mol. The fourth-order valence-corrected chi connectivity index (χ4v) is 1.36. The summed E-state index contributed by atoms with van der Waals surface area (Å²) in [5.74, 6) is 0. The second-order valence-electron chi connectivity index (χ2n) is 2.74. The minimum Gasteiger partial charge on any atom is -0.376 e. The molecule has 0 saturated carbocycles. The summed E-state index contributed by atoms with van der Waals surface area (Å²) in [7, 11) is 1.70. The highest BCUT2D eigenvalue weighted by atomic mass is 16.5. The van der Waals surface area contributed by atoms with Gasteiger partial charge in [0, 0.05) is 7.11 Å². The maximum atomic E-state index is 5.84. The van der Waals surface area contributed by atoms with Crippen LogP contribution >= 0.6 is 0 Å². The van der Waals surface area contributed by atoms with Gasteiger partial charge < -0.3 is 10.5 Å². The van der Waals surface area contributed by atoms with Gasteiger partial charge >= 0.3 is 0 Å². The Labute approximate surface area is 69.4 Å². The normalized spacial score (nSPS) is 14.5. The number of hydrogen-bond donors (Lipinski definition) is 1. The Hall–Kier alpha value is -0.340. The molecule has 0 heterocycles. The second-order valence-corrected chi connectivity index (χ2v) is 2.74. The van der Waals surface area contributed by atoms with E-state index in [0.29, 0.717) is 0 Å². The predicted octanol–water partition coefficient (Wildman–Crippen LogP) is 1.70. The highest BCUT2D eigenvalue weighted by Crippen LogP contribution is 2.23. The zero-order valence-corrected chi connectivity index (χ0v) is 7.76. The molecular weight excluding hydrogens is 138 g/mol. The summed E-state index contributed by atoms with van der Waals surface area (Å²) in [4.78, 5) is 0. The van der Waals surface area contributed by atoms with E-state index < -0.39 is 0 Å². The van der Waals surface area contributed by atoms with Crippen molar-refractivity contribution < 1.29 is 4.74 Å². The van der Waals surface area contributed by atoms with Crippen molar-refractivity contribution in [1.82, 2.24) is 0 Å². The smallest absolute Gasteiger partial charge is 0.0859 e. The molecule has 0 amide bonds. The Bertz CT molecular complexity index is 110. The van der Waals surface area contributed by atoms with E-state index in [1.807, 2.05) is 0 Å². The standard InChI is InChI=1S/C9H19NO/c1-5-8(10)9(6-2,7-3)11-4/h5,8H,1,6-7,10H2,2-4H3. The third kappa shape index (κ3) is 2.04. The van der Waals surface area contributed by atoms with Crippen molar-refractivity contribution in [3.8, 4) is 0 Å². The molecule has 0 aliphatic rings. The van der Waals surface area contributed by atoms with E-state index in [1.165, 1.54) is 0 Å². The van der Waals surface area contributed by atoms with Crippen LogP contribution < -0.4 is 5.73 Å². The lowest BCUT2D eigenvalue weighted by Crippen LogP contribution is -2.47. The maximum absolute atomic E-state index is 5.84. The van der Waals surface area contributed by atoms with Crippen molar-refractivity contribution in [2.24, 2.45) is 5.73 Å². The Morgan fingerprint density at radius 3 is 2.09 bits per heavy atom. The summed E-state index contributed by atoms with van der Waals surface area (Å²) in [6.07, 6.45) is 3.59. The Balaban J connectivity index is 4.38. The van der Waals surface area contributed by atoms with Gasteiger partial charge in [-0.15, -0.1) is 6.58 Å². The maximum Gasteiger partial charge on any atom is 0.0859 e. The minimum atomic E-state index is -0.207. The zero-order valence-electron chi connectivity index (χ0n) is 7.76. The van der Waals surface area contributed by atoms with Gasteiger partial charge in [0.2, 0.25) is 0 Å². The molecule has 0 bridgehead atoms. The number of methoxy groups -OCH3 is 1. The molecule has 0 spiro atoms. The Morgan fingerprint density at radius 2 is 2.00 bits per heavy atom. The number of hydrogen-bond acceptors (Lipinski definition) is 2. The molecule has 0 rings (SSSR count). The molecular formula is C9H19NO. The molecule has 0 aromatic rings. The molecule has 2 nitrogen and oxygen atoms in total. The lowest BCUT2D eigenvalue weighted by atomic mass is 9.89. The largest absolute Gasteiger partial charge is 0.376 e.